The lowest BCUT2D eigenvalue weighted by Gasteiger charge is -2.19. The number of hydrogen-bond acceptors (Lipinski definition) is 3. The second-order valence-corrected chi connectivity index (χ2v) is 7.62. The van der Waals surface area contributed by atoms with Crippen LogP contribution in [0.15, 0.2) is 13.6 Å². The van der Waals surface area contributed by atoms with Gasteiger partial charge in [0.05, 0.1) is 25.8 Å². The van der Waals surface area contributed by atoms with Gasteiger partial charge in [0.25, 0.3) is 0 Å². The van der Waals surface area contributed by atoms with Crippen LogP contribution < -0.4 is 5.73 Å². The second kappa shape index (κ2) is 4.84. The molecule has 0 aromatic carbocycles. The first kappa shape index (κ1) is 12.0. The fourth-order valence-corrected chi connectivity index (χ4v) is 4.83. The zero-order valence-electron chi connectivity index (χ0n) is 8.37. The minimum absolute atomic E-state index is 0.0214. The molecule has 0 bridgehead atoms. The van der Waals surface area contributed by atoms with E-state index in [1.54, 1.807) is 11.3 Å². The maximum Gasteiger partial charge on any atom is 0.0772 e. The maximum absolute atomic E-state index is 6.21. The van der Waals surface area contributed by atoms with Gasteiger partial charge in [-0.15, -0.1) is 11.3 Å². The molecule has 0 aliphatic carbocycles. The van der Waals surface area contributed by atoms with E-state index >= 15 is 0 Å². The fourth-order valence-electron chi connectivity index (χ4n) is 1.88. The summed E-state index contributed by atoms with van der Waals surface area (Å²) in [6.07, 6.45) is 2.68. The van der Waals surface area contributed by atoms with Gasteiger partial charge in [-0.2, -0.15) is 0 Å². The molecule has 1 aliphatic rings. The van der Waals surface area contributed by atoms with E-state index in [0.717, 1.165) is 26.0 Å². The summed E-state index contributed by atoms with van der Waals surface area (Å²) in [5.41, 5.74) is 7.35. The van der Waals surface area contributed by atoms with E-state index in [2.05, 4.69) is 44.8 Å². The summed E-state index contributed by atoms with van der Waals surface area (Å²) < 4.78 is 7.99. The van der Waals surface area contributed by atoms with E-state index < -0.39 is 0 Å². The first-order valence-electron chi connectivity index (χ1n) is 4.93. The number of ether oxygens (including phenoxy) is 1. The quantitative estimate of drug-likeness (QED) is 0.875. The zero-order valence-corrected chi connectivity index (χ0v) is 12.4. The van der Waals surface area contributed by atoms with Crippen molar-refractivity contribution < 1.29 is 4.74 Å². The molecule has 1 aromatic heterocycles. The first-order valence-corrected chi connectivity index (χ1v) is 7.34. The number of nitrogens with two attached hydrogens (primary N) is 1. The summed E-state index contributed by atoms with van der Waals surface area (Å²) >= 11 is 8.65. The van der Waals surface area contributed by atoms with Crippen molar-refractivity contribution in [1.82, 2.24) is 0 Å². The van der Waals surface area contributed by atoms with Crippen LogP contribution in [-0.4, -0.2) is 12.2 Å². The molecule has 3 unspecified atom stereocenters. The van der Waals surface area contributed by atoms with Crippen LogP contribution in [0.4, 0.5) is 0 Å². The Kier molecular flexibility index (Phi) is 3.88. The van der Waals surface area contributed by atoms with Gasteiger partial charge in [0.15, 0.2) is 0 Å². The molecule has 2 heterocycles. The van der Waals surface area contributed by atoms with E-state index in [9.17, 15) is 0 Å². The van der Waals surface area contributed by atoms with Crippen molar-refractivity contribution in [3.05, 3.63) is 19.2 Å². The van der Waals surface area contributed by atoms with Crippen LogP contribution in [0.2, 0.25) is 0 Å². The van der Waals surface area contributed by atoms with Gasteiger partial charge in [0.2, 0.25) is 0 Å². The van der Waals surface area contributed by atoms with Crippen LogP contribution in [0.25, 0.3) is 0 Å². The van der Waals surface area contributed by atoms with Crippen molar-refractivity contribution in [3.63, 3.8) is 0 Å². The standard InChI is InChI=1S/C10H13Br2NOS/c1-5-2-3-7(14-5)9(13)6-4-8(11)15-10(6)12/h4-5,7,9H,2-3,13H2,1H3. The number of thiophene rings is 1. The average Bonchev–Trinajstić information content (AvgIpc) is 2.71. The molecule has 84 valence electrons. The minimum atomic E-state index is -0.0214. The highest BCUT2D eigenvalue weighted by molar-refractivity contribution is 9.12. The van der Waals surface area contributed by atoms with Gasteiger partial charge in [-0.05, 0) is 63.3 Å². The molecular formula is C10H13Br2NOS. The van der Waals surface area contributed by atoms with E-state index in [-0.39, 0.29) is 12.1 Å². The van der Waals surface area contributed by atoms with Crippen molar-refractivity contribution >= 4 is 43.2 Å². The van der Waals surface area contributed by atoms with Crippen LogP contribution in [0.5, 0.6) is 0 Å². The van der Waals surface area contributed by atoms with Crippen molar-refractivity contribution in [3.8, 4) is 0 Å². The first-order chi connectivity index (χ1) is 7.08. The minimum Gasteiger partial charge on any atom is -0.373 e. The third-order valence-electron chi connectivity index (χ3n) is 2.71. The largest absolute Gasteiger partial charge is 0.373 e. The highest BCUT2D eigenvalue weighted by Gasteiger charge is 2.29. The smallest absolute Gasteiger partial charge is 0.0772 e. The van der Waals surface area contributed by atoms with E-state index in [4.69, 9.17) is 10.5 Å². The predicted octanol–water partition coefficient (Wildman–Crippen LogP) is 3.84. The van der Waals surface area contributed by atoms with Crippen LogP contribution >= 0.6 is 43.2 Å². The molecule has 3 atom stereocenters. The predicted molar refractivity (Wildman–Crippen MR) is 70.2 cm³/mol. The van der Waals surface area contributed by atoms with Crippen molar-refractivity contribution in [1.29, 1.82) is 0 Å². The third kappa shape index (κ3) is 2.64. The summed E-state index contributed by atoms with van der Waals surface area (Å²) in [6, 6.07) is 2.05. The number of hydrogen-bond donors (Lipinski definition) is 1. The molecule has 1 aliphatic heterocycles. The number of rotatable bonds is 2. The number of halogens is 2. The van der Waals surface area contributed by atoms with Crippen LogP contribution in [-0.2, 0) is 4.74 Å². The molecule has 1 fully saturated rings. The molecule has 15 heavy (non-hydrogen) atoms. The molecule has 0 spiro atoms. The van der Waals surface area contributed by atoms with Crippen LogP contribution in [0.3, 0.4) is 0 Å². The Labute approximate surface area is 110 Å². The highest BCUT2D eigenvalue weighted by Crippen LogP contribution is 2.38. The van der Waals surface area contributed by atoms with Gasteiger partial charge < -0.3 is 10.5 Å². The topological polar surface area (TPSA) is 35.2 Å². The zero-order chi connectivity index (χ0) is 11.0. The van der Waals surface area contributed by atoms with Crippen molar-refractivity contribution in [2.24, 2.45) is 5.73 Å². The van der Waals surface area contributed by atoms with E-state index in [0.29, 0.717) is 6.10 Å². The average molecular weight is 355 g/mol. The molecule has 0 saturated carbocycles. The molecule has 1 aromatic rings. The Morgan fingerprint density at radius 1 is 1.53 bits per heavy atom. The van der Waals surface area contributed by atoms with Gasteiger partial charge >= 0.3 is 0 Å². The summed E-state index contributed by atoms with van der Waals surface area (Å²) in [5.74, 6) is 0. The maximum atomic E-state index is 6.21. The van der Waals surface area contributed by atoms with Gasteiger partial charge in [-0.3, -0.25) is 0 Å². The lowest BCUT2D eigenvalue weighted by atomic mass is 10.0. The third-order valence-corrected chi connectivity index (χ3v) is 5.09. The van der Waals surface area contributed by atoms with Crippen molar-refractivity contribution in [2.75, 3.05) is 0 Å². The van der Waals surface area contributed by atoms with Gasteiger partial charge in [0, 0.05) is 0 Å². The van der Waals surface area contributed by atoms with E-state index in [1.165, 1.54) is 0 Å². The molecule has 5 heteroatoms. The molecule has 1 saturated heterocycles. The van der Waals surface area contributed by atoms with Gasteiger partial charge in [-0.25, -0.2) is 0 Å². The Balaban J connectivity index is 2.13. The molecule has 0 radical (unpaired) electrons. The summed E-state index contributed by atoms with van der Waals surface area (Å²) in [5, 5.41) is 0. The van der Waals surface area contributed by atoms with Gasteiger partial charge in [0.1, 0.15) is 0 Å². The Hall–Kier alpha value is 0.580. The summed E-state index contributed by atoms with van der Waals surface area (Å²) in [7, 11) is 0. The lowest BCUT2D eigenvalue weighted by Crippen LogP contribution is -2.26. The molecule has 2 N–H and O–H groups in total. The van der Waals surface area contributed by atoms with E-state index in [1.807, 2.05) is 0 Å². The van der Waals surface area contributed by atoms with Crippen LogP contribution in [0.1, 0.15) is 31.4 Å². The molecular weight excluding hydrogens is 342 g/mol. The normalized spacial score (nSPS) is 28.3. The SMILES string of the molecule is CC1CCC(C(N)c2cc(Br)sc2Br)O1. The molecule has 2 rings (SSSR count). The van der Waals surface area contributed by atoms with Crippen molar-refractivity contribution in [2.45, 2.75) is 38.0 Å². The molecule has 0 amide bonds. The fraction of sp³-hybridized carbons (Fsp3) is 0.600. The summed E-state index contributed by atoms with van der Waals surface area (Å²) in [4.78, 5) is 0. The van der Waals surface area contributed by atoms with Crippen LogP contribution in [0, 0.1) is 0 Å². The van der Waals surface area contributed by atoms with Gasteiger partial charge in [-0.1, -0.05) is 0 Å². The Morgan fingerprint density at radius 2 is 2.27 bits per heavy atom. The summed E-state index contributed by atoms with van der Waals surface area (Å²) in [6.45, 7) is 2.10. The Morgan fingerprint density at radius 3 is 2.73 bits per heavy atom. The monoisotopic (exact) mass is 353 g/mol. The Bertz CT molecular complexity index is 355. The molecule has 2 nitrogen and oxygen atoms in total. The lowest BCUT2D eigenvalue weighted by molar-refractivity contribution is 0.0401. The highest BCUT2D eigenvalue weighted by atomic mass is 79.9. The second-order valence-electron chi connectivity index (χ2n) is 3.87.